The van der Waals surface area contributed by atoms with E-state index in [9.17, 15) is 0 Å². The van der Waals surface area contributed by atoms with Gasteiger partial charge in [-0.25, -0.2) is 0 Å². The van der Waals surface area contributed by atoms with Crippen molar-refractivity contribution in [3.8, 4) is 33.5 Å². The van der Waals surface area contributed by atoms with Gasteiger partial charge in [-0.05, 0) is 47.4 Å². The Morgan fingerprint density at radius 2 is 1.34 bits per heavy atom. The summed E-state index contributed by atoms with van der Waals surface area (Å²) < 4.78 is 2.61. The van der Waals surface area contributed by atoms with Crippen molar-refractivity contribution in [1.29, 1.82) is 0 Å². The lowest BCUT2D eigenvalue weighted by Crippen LogP contribution is -1.89. The highest BCUT2D eigenvalue weighted by Gasteiger charge is 2.13. The van der Waals surface area contributed by atoms with Gasteiger partial charge in [0.25, 0.3) is 0 Å². The maximum atomic E-state index is 4.88. The first-order valence-corrected chi connectivity index (χ1v) is 11.6. The molecule has 2 heterocycles. The van der Waals surface area contributed by atoms with Gasteiger partial charge in [0.05, 0.1) is 5.69 Å². The normalized spacial score (nSPS) is 11.3. The molecule has 0 aliphatic rings. The number of pyridine rings is 1. The van der Waals surface area contributed by atoms with E-state index >= 15 is 0 Å². The predicted octanol–water partition coefficient (Wildman–Crippen LogP) is 8.76. The van der Waals surface area contributed by atoms with E-state index < -0.39 is 0 Å². The molecule has 0 aliphatic carbocycles. The first-order chi connectivity index (χ1) is 15.8. The first kappa shape index (κ1) is 19.0. The summed E-state index contributed by atoms with van der Waals surface area (Å²) in [6.45, 7) is 2.17. The van der Waals surface area contributed by atoms with Gasteiger partial charge in [0.1, 0.15) is 0 Å². The molecule has 0 radical (unpaired) electrons. The van der Waals surface area contributed by atoms with Gasteiger partial charge in [0.2, 0.25) is 0 Å². The Balaban J connectivity index is 1.49. The molecule has 152 valence electrons. The fourth-order valence-electron chi connectivity index (χ4n) is 4.43. The summed E-state index contributed by atoms with van der Waals surface area (Å²) in [6.07, 6.45) is 2.01. The lowest BCUT2D eigenvalue weighted by atomic mass is 9.99. The molecule has 2 heteroatoms. The number of rotatable bonds is 3. The number of aryl methyl sites for hydroxylation is 1. The van der Waals surface area contributed by atoms with Gasteiger partial charge in [-0.3, -0.25) is 4.98 Å². The van der Waals surface area contributed by atoms with E-state index in [1.807, 2.05) is 23.6 Å². The molecule has 4 aromatic carbocycles. The molecular weight excluding hydrogens is 406 g/mol. The summed E-state index contributed by atoms with van der Waals surface area (Å²) in [5.41, 5.74) is 8.37. The second kappa shape index (κ2) is 7.74. The summed E-state index contributed by atoms with van der Waals surface area (Å²) in [5.74, 6) is 0. The van der Waals surface area contributed by atoms with Gasteiger partial charge in [0.15, 0.2) is 0 Å². The molecule has 0 spiro atoms. The Morgan fingerprint density at radius 1 is 0.594 bits per heavy atom. The second-order valence-corrected chi connectivity index (χ2v) is 9.16. The summed E-state index contributed by atoms with van der Waals surface area (Å²) in [6, 6.07) is 36.7. The molecule has 0 saturated carbocycles. The van der Waals surface area contributed by atoms with Crippen molar-refractivity contribution in [1.82, 2.24) is 4.98 Å². The number of hydrogen-bond donors (Lipinski definition) is 0. The Bertz CT molecular complexity index is 1560. The van der Waals surface area contributed by atoms with Gasteiger partial charge in [-0.15, -0.1) is 11.3 Å². The summed E-state index contributed by atoms with van der Waals surface area (Å²) in [4.78, 5) is 4.88. The zero-order valence-corrected chi connectivity index (χ0v) is 18.6. The van der Waals surface area contributed by atoms with E-state index in [1.54, 1.807) is 0 Å². The van der Waals surface area contributed by atoms with Crippen LogP contribution in [-0.4, -0.2) is 4.98 Å². The van der Waals surface area contributed by atoms with Crippen molar-refractivity contribution < 1.29 is 0 Å². The van der Waals surface area contributed by atoms with Crippen molar-refractivity contribution in [2.45, 2.75) is 6.92 Å². The highest BCUT2D eigenvalue weighted by Crippen LogP contribution is 2.41. The van der Waals surface area contributed by atoms with Crippen molar-refractivity contribution in [2.24, 2.45) is 0 Å². The number of fused-ring (bicyclic) bond motifs is 3. The molecule has 6 aromatic rings. The van der Waals surface area contributed by atoms with E-state index in [0.717, 1.165) is 5.69 Å². The number of benzene rings is 4. The fourth-order valence-corrected chi connectivity index (χ4v) is 5.64. The molecule has 1 nitrogen and oxygen atoms in total. The zero-order chi connectivity index (χ0) is 21.5. The van der Waals surface area contributed by atoms with E-state index in [4.69, 9.17) is 4.98 Å². The van der Waals surface area contributed by atoms with Crippen LogP contribution in [0, 0.1) is 6.92 Å². The fraction of sp³-hybridized carbons (Fsp3) is 0.0333. The van der Waals surface area contributed by atoms with Crippen molar-refractivity contribution in [3.05, 3.63) is 115 Å². The highest BCUT2D eigenvalue weighted by atomic mass is 32.1. The third-order valence-electron chi connectivity index (χ3n) is 6.08. The molecule has 0 bridgehead atoms. The van der Waals surface area contributed by atoms with Gasteiger partial charge < -0.3 is 0 Å². The molecular formula is C30H21NS. The molecule has 0 N–H and O–H groups in total. The topological polar surface area (TPSA) is 12.9 Å². The first-order valence-electron chi connectivity index (χ1n) is 10.8. The van der Waals surface area contributed by atoms with E-state index in [-0.39, 0.29) is 0 Å². The van der Waals surface area contributed by atoms with Gasteiger partial charge in [-0.2, -0.15) is 0 Å². The van der Waals surface area contributed by atoms with Crippen LogP contribution in [0.15, 0.2) is 109 Å². The SMILES string of the molecule is Cc1cc(-c2cccc3c2sc2ccc(-c4ccccc4)cc23)ncc1-c1ccccc1. The van der Waals surface area contributed by atoms with Gasteiger partial charge in [-0.1, -0.05) is 84.9 Å². The lowest BCUT2D eigenvalue weighted by Gasteiger charge is -2.09. The largest absolute Gasteiger partial charge is 0.256 e. The third kappa shape index (κ3) is 3.21. The van der Waals surface area contributed by atoms with Gasteiger partial charge >= 0.3 is 0 Å². The Hall–Kier alpha value is -3.75. The Kier molecular flexibility index (Phi) is 4.59. The van der Waals surface area contributed by atoms with E-state index in [1.165, 1.54) is 53.6 Å². The van der Waals surface area contributed by atoms with Crippen molar-refractivity contribution in [3.63, 3.8) is 0 Å². The summed E-state index contributed by atoms with van der Waals surface area (Å²) in [7, 11) is 0. The minimum absolute atomic E-state index is 1.03. The minimum atomic E-state index is 1.03. The molecule has 0 saturated heterocycles. The summed E-state index contributed by atoms with van der Waals surface area (Å²) >= 11 is 1.85. The van der Waals surface area contributed by atoms with Crippen LogP contribution in [0.1, 0.15) is 5.56 Å². The zero-order valence-electron chi connectivity index (χ0n) is 17.7. The molecule has 0 aliphatic heterocycles. The van der Waals surface area contributed by atoms with Crippen LogP contribution in [0.4, 0.5) is 0 Å². The predicted molar refractivity (Wildman–Crippen MR) is 138 cm³/mol. The molecule has 0 fully saturated rings. The van der Waals surface area contributed by atoms with Crippen molar-refractivity contribution >= 4 is 31.5 Å². The van der Waals surface area contributed by atoms with E-state index in [0.29, 0.717) is 0 Å². The standard InChI is InChI=1S/C30H21NS/c1-20-17-28(31-19-27(20)22-11-6-3-7-12-22)25-14-8-13-24-26-18-23(21-9-4-2-5-10-21)15-16-29(26)32-30(24)25/h2-19H,1H3. The smallest absolute Gasteiger partial charge is 0.0719 e. The molecule has 32 heavy (non-hydrogen) atoms. The molecule has 0 atom stereocenters. The van der Waals surface area contributed by atoms with Crippen LogP contribution >= 0.6 is 11.3 Å². The van der Waals surface area contributed by atoms with Crippen LogP contribution < -0.4 is 0 Å². The maximum Gasteiger partial charge on any atom is 0.0719 e. The maximum absolute atomic E-state index is 4.88. The number of nitrogens with zero attached hydrogens (tertiary/aromatic N) is 1. The quantitative estimate of drug-likeness (QED) is 0.275. The van der Waals surface area contributed by atoms with Crippen LogP contribution in [0.5, 0.6) is 0 Å². The number of hydrogen-bond acceptors (Lipinski definition) is 2. The average Bonchev–Trinajstić information content (AvgIpc) is 3.23. The van der Waals surface area contributed by atoms with Gasteiger partial charge in [0, 0.05) is 37.5 Å². The third-order valence-corrected chi connectivity index (χ3v) is 7.30. The minimum Gasteiger partial charge on any atom is -0.256 e. The summed E-state index contributed by atoms with van der Waals surface area (Å²) in [5, 5.41) is 2.61. The Morgan fingerprint density at radius 3 is 2.09 bits per heavy atom. The van der Waals surface area contributed by atoms with E-state index in [2.05, 4.69) is 104 Å². The monoisotopic (exact) mass is 427 g/mol. The molecule has 0 amide bonds. The van der Waals surface area contributed by atoms with Crippen LogP contribution in [0.25, 0.3) is 53.7 Å². The van der Waals surface area contributed by atoms with Crippen LogP contribution in [0.3, 0.4) is 0 Å². The van der Waals surface area contributed by atoms with Crippen molar-refractivity contribution in [2.75, 3.05) is 0 Å². The lowest BCUT2D eigenvalue weighted by molar-refractivity contribution is 1.29. The average molecular weight is 428 g/mol. The highest BCUT2D eigenvalue weighted by molar-refractivity contribution is 7.26. The molecule has 0 unspecified atom stereocenters. The number of aromatic nitrogens is 1. The number of thiophene rings is 1. The second-order valence-electron chi connectivity index (χ2n) is 8.11. The van der Waals surface area contributed by atoms with Crippen LogP contribution in [0.2, 0.25) is 0 Å². The Labute approximate surface area is 191 Å². The van der Waals surface area contributed by atoms with Crippen LogP contribution in [-0.2, 0) is 0 Å². The molecule has 6 rings (SSSR count). The molecule has 2 aromatic heterocycles.